The van der Waals surface area contributed by atoms with Gasteiger partial charge in [-0.15, -0.1) is 0 Å². The molecule has 6 heteroatoms. The van der Waals surface area contributed by atoms with Crippen LogP contribution in [0.5, 0.6) is 11.5 Å². The molecule has 0 aromatic heterocycles. The highest BCUT2D eigenvalue weighted by Gasteiger charge is 2.09. The van der Waals surface area contributed by atoms with E-state index in [4.69, 9.17) is 19.9 Å². The number of hydrogen-bond donors (Lipinski definition) is 2. The molecule has 0 aliphatic rings. The molecule has 0 spiro atoms. The van der Waals surface area contributed by atoms with E-state index in [-0.39, 0.29) is 18.6 Å². The Bertz CT molecular complexity index is 449. The Labute approximate surface area is 125 Å². The lowest BCUT2D eigenvalue weighted by Gasteiger charge is -2.13. The maximum atomic E-state index is 11.6. The van der Waals surface area contributed by atoms with Crippen LogP contribution in [0.15, 0.2) is 18.2 Å². The fourth-order valence-corrected chi connectivity index (χ4v) is 1.82. The number of hydrogen-bond acceptors (Lipinski definition) is 5. The fourth-order valence-electron chi connectivity index (χ4n) is 1.82. The monoisotopic (exact) mass is 296 g/mol. The van der Waals surface area contributed by atoms with E-state index in [0.717, 1.165) is 12.0 Å². The SMILES string of the molecule is COCCNC(=O)COc1ccc(CC(C)N)cc1OC. The summed E-state index contributed by atoms with van der Waals surface area (Å²) in [5.41, 5.74) is 6.84. The Morgan fingerprint density at radius 3 is 2.71 bits per heavy atom. The van der Waals surface area contributed by atoms with Crippen LogP contribution in [0.4, 0.5) is 0 Å². The smallest absolute Gasteiger partial charge is 0.258 e. The first-order valence-corrected chi connectivity index (χ1v) is 6.87. The molecule has 0 bridgehead atoms. The van der Waals surface area contributed by atoms with Gasteiger partial charge >= 0.3 is 0 Å². The van der Waals surface area contributed by atoms with Gasteiger partial charge in [-0.05, 0) is 31.0 Å². The van der Waals surface area contributed by atoms with Crippen LogP contribution < -0.4 is 20.5 Å². The maximum Gasteiger partial charge on any atom is 0.258 e. The molecule has 3 N–H and O–H groups in total. The van der Waals surface area contributed by atoms with Crippen molar-refractivity contribution >= 4 is 5.91 Å². The van der Waals surface area contributed by atoms with Gasteiger partial charge in [-0.3, -0.25) is 4.79 Å². The first kappa shape index (κ1) is 17.3. The molecular weight excluding hydrogens is 272 g/mol. The molecule has 118 valence electrons. The number of nitrogens with two attached hydrogens (primary N) is 1. The molecule has 0 heterocycles. The van der Waals surface area contributed by atoms with Crippen LogP contribution in [0.1, 0.15) is 12.5 Å². The molecule has 1 unspecified atom stereocenters. The number of methoxy groups -OCH3 is 2. The molecule has 1 atom stereocenters. The van der Waals surface area contributed by atoms with Gasteiger partial charge in [-0.1, -0.05) is 6.07 Å². The third kappa shape index (κ3) is 6.46. The summed E-state index contributed by atoms with van der Waals surface area (Å²) in [7, 11) is 3.15. The predicted octanol–water partition coefficient (Wildman–Crippen LogP) is 0.726. The van der Waals surface area contributed by atoms with Gasteiger partial charge in [0.1, 0.15) is 0 Å². The minimum atomic E-state index is -0.200. The fraction of sp³-hybridized carbons (Fsp3) is 0.533. The number of rotatable bonds is 9. The summed E-state index contributed by atoms with van der Waals surface area (Å²) in [6.45, 7) is 2.82. The minimum absolute atomic E-state index is 0.0628. The highest BCUT2D eigenvalue weighted by atomic mass is 16.5. The molecule has 6 nitrogen and oxygen atoms in total. The Balaban J connectivity index is 2.56. The van der Waals surface area contributed by atoms with Crippen LogP contribution in [-0.2, 0) is 16.0 Å². The first-order chi connectivity index (χ1) is 10.1. The van der Waals surface area contributed by atoms with Crippen LogP contribution in [0.25, 0.3) is 0 Å². The molecule has 1 aromatic rings. The molecule has 1 rings (SSSR count). The van der Waals surface area contributed by atoms with Gasteiger partial charge in [-0.2, -0.15) is 0 Å². The second-order valence-corrected chi connectivity index (χ2v) is 4.80. The van der Waals surface area contributed by atoms with Crippen molar-refractivity contribution in [1.82, 2.24) is 5.32 Å². The Kier molecular flexibility index (Phi) is 7.56. The number of nitrogens with one attached hydrogen (secondary N) is 1. The number of carbonyl (C=O) groups is 1. The normalized spacial score (nSPS) is 11.8. The summed E-state index contributed by atoms with van der Waals surface area (Å²) < 4.78 is 15.6. The summed E-state index contributed by atoms with van der Waals surface area (Å²) in [5, 5.41) is 2.68. The second kappa shape index (κ2) is 9.20. The molecular formula is C15H24N2O4. The van der Waals surface area contributed by atoms with E-state index in [9.17, 15) is 4.79 Å². The summed E-state index contributed by atoms with van der Waals surface area (Å²) in [5.74, 6) is 0.930. The highest BCUT2D eigenvalue weighted by molar-refractivity contribution is 5.77. The van der Waals surface area contributed by atoms with E-state index >= 15 is 0 Å². The molecule has 0 aliphatic carbocycles. The van der Waals surface area contributed by atoms with Crippen molar-refractivity contribution in [3.63, 3.8) is 0 Å². The van der Waals surface area contributed by atoms with Crippen LogP contribution >= 0.6 is 0 Å². The van der Waals surface area contributed by atoms with Crippen LogP contribution in [0.2, 0.25) is 0 Å². The van der Waals surface area contributed by atoms with Gasteiger partial charge in [0.2, 0.25) is 0 Å². The van der Waals surface area contributed by atoms with Crippen LogP contribution in [-0.4, -0.2) is 45.9 Å². The first-order valence-electron chi connectivity index (χ1n) is 6.87. The van der Waals surface area contributed by atoms with Gasteiger partial charge in [0.15, 0.2) is 18.1 Å². The van der Waals surface area contributed by atoms with E-state index in [2.05, 4.69) is 5.32 Å². The number of carbonyl (C=O) groups excluding carboxylic acids is 1. The van der Waals surface area contributed by atoms with Gasteiger partial charge < -0.3 is 25.3 Å². The maximum absolute atomic E-state index is 11.6. The zero-order valence-corrected chi connectivity index (χ0v) is 12.8. The van der Waals surface area contributed by atoms with E-state index in [1.807, 2.05) is 19.1 Å². The van der Waals surface area contributed by atoms with Crippen molar-refractivity contribution in [3.8, 4) is 11.5 Å². The lowest BCUT2D eigenvalue weighted by Crippen LogP contribution is -2.31. The zero-order chi connectivity index (χ0) is 15.7. The number of benzene rings is 1. The Morgan fingerprint density at radius 2 is 2.10 bits per heavy atom. The Hall–Kier alpha value is -1.79. The zero-order valence-electron chi connectivity index (χ0n) is 12.8. The van der Waals surface area contributed by atoms with Crippen LogP contribution in [0.3, 0.4) is 0 Å². The van der Waals surface area contributed by atoms with Crippen molar-refractivity contribution < 1.29 is 19.0 Å². The quantitative estimate of drug-likeness (QED) is 0.656. The third-order valence-corrected chi connectivity index (χ3v) is 2.77. The van der Waals surface area contributed by atoms with E-state index < -0.39 is 0 Å². The molecule has 0 saturated heterocycles. The summed E-state index contributed by atoms with van der Waals surface area (Å²) in [6, 6.07) is 5.66. The summed E-state index contributed by atoms with van der Waals surface area (Å²) in [6.07, 6.45) is 0.758. The van der Waals surface area contributed by atoms with Gasteiger partial charge in [0.05, 0.1) is 13.7 Å². The lowest BCUT2D eigenvalue weighted by atomic mass is 10.1. The summed E-state index contributed by atoms with van der Waals surface area (Å²) in [4.78, 5) is 11.6. The Morgan fingerprint density at radius 1 is 1.33 bits per heavy atom. The molecule has 0 aliphatic heterocycles. The summed E-state index contributed by atoms with van der Waals surface area (Å²) >= 11 is 0. The van der Waals surface area contributed by atoms with Gasteiger partial charge in [0, 0.05) is 19.7 Å². The van der Waals surface area contributed by atoms with Crippen molar-refractivity contribution in [2.45, 2.75) is 19.4 Å². The average molecular weight is 296 g/mol. The van der Waals surface area contributed by atoms with E-state index in [1.54, 1.807) is 20.3 Å². The van der Waals surface area contributed by atoms with Crippen molar-refractivity contribution in [1.29, 1.82) is 0 Å². The van der Waals surface area contributed by atoms with Gasteiger partial charge in [-0.25, -0.2) is 0 Å². The molecule has 1 amide bonds. The molecule has 1 aromatic carbocycles. The van der Waals surface area contributed by atoms with Crippen molar-refractivity contribution in [2.24, 2.45) is 5.73 Å². The molecule has 21 heavy (non-hydrogen) atoms. The molecule has 0 saturated carbocycles. The van der Waals surface area contributed by atoms with Crippen LogP contribution in [0, 0.1) is 0 Å². The molecule has 0 fully saturated rings. The number of ether oxygens (including phenoxy) is 3. The predicted molar refractivity (Wildman–Crippen MR) is 80.7 cm³/mol. The van der Waals surface area contributed by atoms with E-state index in [1.165, 1.54) is 0 Å². The largest absolute Gasteiger partial charge is 0.493 e. The third-order valence-electron chi connectivity index (χ3n) is 2.77. The topological polar surface area (TPSA) is 82.8 Å². The average Bonchev–Trinajstić information content (AvgIpc) is 2.45. The van der Waals surface area contributed by atoms with E-state index in [0.29, 0.717) is 24.7 Å². The molecule has 0 radical (unpaired) electrons. The lowest BCUT2D eigenvalue weighted by molar-refractivity contribution is -0.123. The van der Waals surface area contributed by atoms with Crippen molar-refractivity contribution in [2.75, 3.05) is 34.0 Å². The second-order valence-electron chi connectivity index (χ2n) is 4.80. The minimum Gasteiger partial charge on any atom is -0.493 e. The standard InChI is InChI=1S/C15H24N2O4/c1-11(16)8-12-4-5-13(14(9-12)20-3)21-10-15(18)17-6-7-19-2/h4-5,9,11H,6-8,10,16H2,1-3H3,(H,17,18). The van der Waals surface area contributed by atoms with Crippen molar-refractivity contribution in [3.05, 3.63) is 23.8 Å². The highest BCUT2D eigenvalue weighted by Crippen LogP contribution is 2.28. The number of amides is 1. The van der Waals surface area contributed by atoms with Gasteiger partial charge in [0.25, 0.3) is 5.91 Å².